The van der Waals surface area contributed by atoms with Gasteiger partial charge in [-0.3, -0.25) is 0 Å². The van der Waals surface area contributed by atoms with E-state index in [0.29, 0.717) is 12.2 Å². The van der Waals surface area contributed by atoms with Crippen LogP contribution in [-0.2, 0) is 9.47 Å². The fourth-order valence-electron chi connectivity index (χ4n) is 0.773. The van der Waals surface area contributed by atoms with E-state index in [0.717, 1.165) is 13.2 Å². The largest absolute Gasteiger partial charge is 0.376 e. The number of epoxide rings is 1. The molecule has 2 nitrogen and oxygen atoms in total. The summed E-state index contributed by atoms with van der Waals surface area (Å²) < 4.78 is 10.0. The van der Waals surface area contributed by atoms with Gasteiger partial charge in [0.25, 0.3) is 0 Å². The maximum absolute atomic E-state index is 5.03. The SMILES string of the molecule is C1OCC2OC12.CC. The molecule has 0 radical (unpaired) electrons. The van der Waals surface area contributed by atoms with E-state index in [4.69, 9.17) is 9.47 Å². The van der Waals surface area contributed by atoms with Crippen molar-refractivity contribution in [1.82, 2.24) is 0 Å². The molecule has 2 fully saturated rings. The molecule has 2 unspecified atom stereocenters. The highest BCUT2D eigenvalue weighted by atomic mass is 16.7. The summed E-state index contributed by atoms with van der Waals surface area (Å²) in [7, 11) is 0. The van der Waals surface area contributed by atoms with Gasteiger partial charge in [0.15, 0.2) is 0 Å². The van der Waals surface area contributed by atoms with Crippen molar-refractivity contribution < 1.29 is 9.47 Å². The van der Waals surface area contributed by atoms with Crippen molar-refractivity contribution in [3.8, 4) is 0 Å². The van der Waals surface area contributed by atoms with Crippen LogP contribution in [0, 0.1) is 0 Å². The molecule has 0 aromatic carbocycles. The Hall–Kier alpha value is -0.0800. The molecule has 0 amide bonds. The first kappa shape index (κ1) is 6.05. The van der Waals surface area contributed by atoms with Crippen LogP contribution in [0.2, 0.25) is 0 Å². The summed E-state index contributed by atoms with van der Waals surface area (Å²) in [4.78, 5) is 0. The number of hydrogen-bond acceptors (Lipinski definition) is 2. The Balaban J connectivity index is 0.000000147. The van der Waals surface area contributed by atoms with E-state index in [1.165, 1.54) is 0 Å². The third kappa shape index (κ3) is 1.01. The molecule has 0 aromatic rings. The van der Waals surface area contributed by atoms with E-state index < -0.39 is 0 Å². The number of fused-ring (bicyclic) bond motifs is 1. The van der Waals surface area contributed by atoms with Gasteiger partial charge in [-0.05, 0) is 0 Å². The van der Waals surface area contributed by atoms with Crippen molar-refractivity contribution in [2.24, 2.45) is 0 Å². The smallest absolute Gasteiger partial charge is 0.110 e. The summed E-state index contributed by atoms with van der Waals surface area (Å²) in [5, 5.41) is 0. The molecule has 0 aromatic heterocycles. The van der Waals surface area contributed by atoms with Crippen molar-refractivity contribution in [2.75, 3.05) is 13.2 Å². The van der Waals surface area contributed by atoms with Gasteiger partial charge in [0.1, 0.15) is 12.2 Å². The molecule has 0 bridgehead atoms. The summed E-state index contributed by atoms with van der Waals surface area (Å²) in [6.07, 6.45) is 0.981. The van der Waals surface area contributed by atoms with Gasteiger partial charge >= 0.3 is 0 Å². The van der Waals surface area contributed by atoms with Crippen molar-refractivity contribution in [1.29, 1.82) is 0 Å². The molecule has 2 atom stereocenters. The van der Waals surface area contributed by atoms with Crippen LogP contribution in [-0.4, -0.2) is 25.4 Å². The van der Waals surface area contributed by atoms with E-state index in [-0.39, 0.29) is 0 Å². The molecule has 0 aliphatic carbocycles. The van der Waals surface area contributed by atoms with Gasteiger partial charge in [-0.1, -0.05) is 13.8 Å². The van der Waals surface area contributed by atoms with Crippen molar-refractivity contribution >= 4 is 0 Å². The van der Waals surface area contributed by atoms with E-state index in [2.05, 4.69) is 0 Å². The standard InChI is InChI=1S/C4H6O2.C2H6/c1-3-4(6-3)2-5-1;1-2/h3-4H,1-2H2;1-2H3. The predicted octanol–water partition coefficient (Wildman–Crippen LogP) is 0.810. The van der Waals surface area contributed by atoms with Crippen molar-refractivity contribution in [2.45, 2.75) is 26.1 Å². The molecule has 0 spiro atoms. The number of rotatable bonds is 0. The Bertz CT molecular complexity index is 64.9. The van der Waals surface area contributed by atoms with Crippen molar-refractivity contribution in [3.63, 3.8) is 0 Å². The van der Waals surface area contributed by atoms with Crippen LogP contribution >= 0.6 is 0 Å². The molecule has 0 N–H and O–H groups in total. The highest BCUT2D eigenvalue weighted by Gasteiger charge is 2.43. The monoisotopic (exact) mass is 116 g/mol. The number of ether oxygens (including phenoxy) is 2. The second kappa shape index (κ2) is 2.46. The van der Waals surface area contributed by atoms with Crippen LogP contribution in [0.3, 0.4) is 0 Å². The third-order valence-electron chi connectivity index (χ3n) is 1.25. The Labute approximate surface area is 49.8 Å². The lowest BCUT2D eigenvalue weighted by molar-refractivity contribution is 0.100. The quantitative estimate of drug-likeness (QED) is 0.437. The molecular weight excluding hydrogens is 104 g/mol. The van der Waals surface area contributed by atoms with Gasteiger partial charge in [-0.15, -0.1) is 0 Å². The minimum atomic E-state index is 0.491. The normalized spacial score (nSPS) is 39.8. The van der Waals surface area contributed by atoms with E-state index in [1.54, 1.807) is 0 Å². The van der Waals surface area contributed by atoms with Crippen molar-refractivity contribution in [3.05, 3.63) is 0 Å². The zero-order valence-corrected chi connectivity index (χ0v) is 5.39. The molecule has 2 heterocycles. The number of hydrogen-bond donors (Lipinski definition) is 0. The average Bonchev–Trinajstić information content (AvgIpc) is 2.46. The third-order valence-corrected chi connectivity index (χ3v) is 1.25. The molecule has 0 saturated carbocycles. The van der Waals surface area contributed by atoms with Gasteiger partial charge in [-0.25, -0.2) is 0 Å². The van der Waals surface area contributed by atoms with Crippen LogP contribution in [0.1, 0.15) is 13.8 Å². The fraction of sp³-hybridized carbons (Fsp3) is 1.00. The Morgan fingerprint density at radius 3 is 1.75 bits per heavy atom. The van der Waals surface area contributed by atoms with Crippen LogP contribution in [0.15, 0.2) is 0 Å². The fourth-order valence-corrected chi connectivity index (χ4v) is 0.773. The minimum absolute atomic E-state index is 0.491. The van der Waals surface area contributed by atoms with E-state index in [1.807, 2.05) is 13.8 Å². The lowest BCUT2D eigenvalue weighted by Crippen LogP contribution is -1.91. The summed E-state index contributed by atoms with van der Waals surface area (Å²) in [6.45, 7) is 5.68. The molecule has 8 heavy (non-hydrogen) atoms. The Kier molecular flexibility index (Phi) is 1.86. The molecule has 2 saturated heterocycles. The van der Waals surface area contributed by atoms with Crippen LogP contribution in [0.5, 0.6) is 0 Å². The van der Waals surface area contributed by atoms with Gasteiger partial charge in [0.2, 0.25) is 0 Å². The predicted molar refractivity (Wildman–Crippen MR) is 30.8 cm³/mol. The first-order valence-electron chi connectivity index (χ1n) is 3.20. The van der Waals surface area contributed by atoms with E-state index in [9.17, 15) is 0 Å². The summed E-state index contributed by atoms with van der Waals surface area (Å²) in [6, 6.07) is 0. The average molecular weight is 116 g/mol. The highest BCUT2D eigenvalue weighted by Crippen LogP contribution is 2.27. The lowest BCUT2D eigenvalue weighted by atomic mass is 10.4. The molecule has 2 aliphatic heterocycles. The second-order valence-corrected chi connectivity index (χ2v) is 1.75. The Morgan fingerprint density at radius 1 is 1.12 bits per heavy atom. The molecule has 2 aliphatic rings. The molecule has 48 valence electrons. The van der Waals surface area contributed by atoms with Gasteiger partial charge in [-0.2, -0.15) is 0 Å². The molecule has 2 rings (SSSR count). The summed E-state index contributed by atoms with van der Waals surface area (Å²) >= 11 is 0. The summed E-state index contributed by atoms with van der Waals surface area (Å²) in [5.74, 6) is 0. The lowest BCUT2D eigenvalue weighted by Gasteiger charge is -1.87. The molecule has 2 heteroatoms. The zero-order chi connectivity index (χ0) is 5.98. The second-order valence-electron chi connectivity index (χ2n) is 1.75. The van der Waals surface area contributed by atoms with Gasteiger partial charge in [0.05, 0.1) is 13.2 Å². The van der Waals surface area contributed by atoms with E-state index >= 15 is 0 Å². The first-order valence-corrected chi connectivity index (χ1v) is 3.20. The van der Waals surface area contributed by atoms with Crippen LogP contribution in [0.25, 0.3) is 0 Å². The Morgan fingerprint density at radius 2 is 1.62 bits per heavy atom. The summed E-state index contributed by atoms with van der Waals surface area (Å²) in [5.41, 5.74) is 0. The van der Waals surface area contributed by atoms with Crippen LogP contribution in [0.4, 0.5) is 0 Å². The van der Waals surface area contributed by atoms with Gasteiger partial charge in [0, 0.05) is 0 Å². The maximum atomic E-state index is 5.03. The minimum Gasteiger partial charge on any atom is -0.376 e. The maximum Gasteiger partial charge on any atom is 0.110 e. The first-order chi connectivity index (χ1) is 3.97. The highest BCUT2D eigenvalue weighted by molar-refractivity contribution is 4.88. The van der Waals surface area contributed by atoms with Crippen LogP contribution < -0.4 is 0 Å². The van der Waals surface area contributed by atoms with Gasteiger partial charge < -0.3 is 9.47 Å². The topological polar surface area (TPSA) is 21.8 Å². The molecular formula is C6H12O2. The zero-order valence-electron chi connectivity index (χ0n) is 5.39.